The molecule has 0 saturated heterocycles. The van der Waals surface area contributed by atoms with Gasteiger partial charge in [-0.1, -0.05) is 13.8 Å². The number of rotatable bonds is 5. The Balaban J connectivity index is 2.77. The van der Waals surface area contributed by atoms with Gasteiger partial charge >= 0.3 is 0 Å². The van der Waals surface area contributed by atoms with Crippen LogP contribution in [0.15, 0.2) is 0 Å². The van der Waals surface area contributed by atoms with E-state index in [2.05, 4.69) is 32.8 Å². The first kappa shape index (κ1) is 12.9. The number of hydrogen-bond donors (Lipinski definition) is 1. The molecular weight excluding hydrogens is 202 g/mol. The first-order chi connectivity index (χ1) is 7.43. The van der Waals surface area contributed by atoms with Crippen LogP contribution in [-0.2, 0) is 0 Å². The summed E-state index contributed by atoms with van der Waals surface area (Å²) in [4.78, 5) is 0. The van der Waals surface area contributed by atoms with Crippen molar-refractivity contribution in [2.24, 2.45) is 5.92 Å². The fourth-order valence-electron chi connectivity index (χ4n) is 1.42. The highest BCUT2D eigenvalue weighted by molar-refractivity contribution is 5.52. The fourth-order valence-corrected chi connectivity index (χ4v) is 1.42. The van der Waals surface area contributed by atoms with E-state index in [1.54, 1.807) is 0 Å². The average molecular weight is 225 g/mol. The van der Waals surface area contributed by atoms with Crippen LogP contribution < -0.4 is 10.5 Å². The van der Waals surface area contributed by atoms with Crippen LogP contribution in [0.4, 0.5) is 5.69 Å². The maximum Gasteiger partial charge on any atom is 0.236 e. The molecular formula is C12H23N3O. The lowest BCUT2D eigenvalue weighted by Crippen LogP contribution is -2.10. The molecule has 0 spiro atoms. The predicted molar refractivity (Wildman–Crippen MR) is 66.7 cm³/mol. The number of hydrogen-bond acceptors (Lipinski definition) is 3. The van der Waals surface area contributed by atoms with Crippen molar-refractivity contribution in [3.63, 3.8) is 0 Å². The van der Waals surface area contributed by atoms with E-state index in [1.807, 2.05) is 11.6 Å². The molecule has 4 heteroatoms. The maximum atomic E-state index is 5.95. The third-order valence-corrected chi connectivity index (χ3v) is 2.51. The van der Waals surface area contributed by atoms with Crippen LogP contribution in [0, 0.1) is 12.8 Å². The minimum absolute atomic E-state index is 0.269. The monoisotopic (exact) mass is 225 g/mol. The lowest BCUT2D eigenvalue weighted by molar-refractivity contribution is 0.257. The first-order valence-corrected chi connectivity index (χ1v) is 5.90. The van der Waals surface area contributed by atoms with Crippen molar-refractivity contribution >= 4 is 5.69 Å². The van der Waals surface area contributed by atoms with E-state index >= 15 is 0 Å². The molecule has 0 radical (unpaired) electrons. The summed E-state index contributed by atoms with van der Waals surface area (Å²) in [5.74, 6) is 1.35. The Morgan fingerprint density at radius 1 is 1.31 bits per heavy atom. The molecule has 1 aromatic heterocycles. The quantitative estimate of drug-likeness (QED) is 0.838. The average Bonchev–Trinajstić information content (AvgIpc) is 2.45. The van der Waals surface area contributed by atoms with E-state index in [1.165, 1.54) is 0 Å². The molecule has 2 N–H and O–H groups in total. The molecule has 0 aromatic carbocycles. The molecule has 0 aliphatic heterocycles. The summed E-state index contributed by atoms with van der Waals surface area (Å²) < 4.78 is 7.59. The van der Waals surface area contributed by atoms with Crippen LogP contribution in [-0.4, -0.2) is 16.4 Å². The molecule has 92 valence electrons. The summed E-state index contributed by atoms with van der Waals surface area (Å²) >= 11 is 0. The number of nitrogens with zero attached hydrogens (tertiary/aromatic N) is 2. The molecule has 0 aliphatic rings. The number of nitrogens with two attached hydrogens (primary N) is 1. The molecule has 1 rings (SSSR count). The van der Waals surface area contributed by atoms with Gasteiger partial charge in [0.05, 0.1) is 18.3 Å². The zero-order valence-electron chi connectivity index (χ0n) is 10.9. The largest absolute Gasteiger partial charge is 0.476 e. The second kappa shape index (κ2) is 5.23. The van der Waals surface area contributed by atoms with Gasteiger partial charge in [0.25, 0.3) is 0 Å². The molecule has 4 nitrogen and oxygen atoms in total. The molecule has 0 atom stereocenters. The van der Waals surface area contributed by atoms with Crippen LogP contribution in [0.5, 0.6) is 5.88 Å². The maximum absolute atomic E-state index is 5.95. The Morgan fingerprint density at radius 2 is 1.94 bits per heavy atom. The van der Waals surface area contributed by atoms with Crippen LogP contribution in [0.2, 0.25) is 0 Å². The second-order valence-electron chi connectivity index (χ2n) is 4.87. The summed E-state index contributed by atoms with van der Waals surface area (Å²) in [6, 6.07) is 0.269. The number of nitrogen functional groups attached to an aromatic ring is 1. The van der Waals surface area contributed by atoms with Crippen molar-refractivity contribution in [1.82, 2.24) is 9.78 Å². The number of anilines is 1. The Labute approximate surface area is 97.8 Å². The van der Waals surface area contributed by atoms with Gasteiger partial charge in [-0.3, -0.25) is 0 Å². The van der Waals surface area contributed by atoms with Crippen molar-refractivity contribution in [3.8, 4) is 5.88 Å². The van der Waals surface area contributed by atoms with Crippen molar-refractivity contribution in [1.29, 1.82) is 0 Å². The van der Waals surface area contributed by atoms with E-state index in [9.17, 15) is 0 Å². The molecule has 0 saturated carbocycles. The van der Waals surface area contributed by atoms with Crippen LogP contribution in [0.25, 0.3) is 0 Å². The Bertz CT molecular complexity index is 342. The molecule has 1 aromatic rings. The molecule has 1 heterocycles. The summed E-state index contributed by atoms with van der Waals surface area (Å²) in [7, 11) is 0. The van der Waals surface area contributed by atoms with Gasteiger partial charge < -0.3 is 10.5 Å². The van der Waals surface area contributed by atoms with E-state index in [0.717, 1.165) is 12.1 Å². The predicted octanol–water partition coefficient (Wildman–Crippen LogP) is 2.78. The Morgan fingerprint density at radius 3 is 2.44 bits per heavy atom. The first-order valence-electron chi connectivity index (χ1n) is 5.90. The standard InChI is InChI=1S/C12H23N3O/c1-8(2)6-7-16-12-11(13)10(5)14-15(12)9(3)4/h8-9H,6-7,13H2,1-5H3. The van der Waals surface area contributed by atoms with Crippen molar-refractivity contribution < 1.29 is 4.74 Å². The highest BCUT2D eigenvalue weighted by atomic mass is 16.5. The van der Waals surface area contributed by atoms with Crippen LogP contribution in [0.3, 0.4) is 0 Å². The van der Waals surface area contributed by atoms with Gasteiger partial charge in [-0.05, 0) is 33.1 Å². The highest BCUT2D eigenvalue weighted by Crippen LogP contribution is 2.28. The van der Waals surface area contributed by atoms with E-state index in [0.29, 0.717) is 24.1 Å². The fraction of sp³-hybridized carbons (Fsp3) is 0.750. The molecule has 0 fully saturated rings. The van der Waals surface area contributed by atoms with Gasteiger partial charge in [-0.2, -0.15) is 5.10 Å². The van der Waals surface area contributed by atoms with Crippen molar-refractivity contribution in [2.45, 2.75) is 47.1 Å². The summed E-state index contributed by atoms with van der Waals surface area (Å²) in [5.41, 5.74) is 7.46. The molecule has 0 unspecified atom stereocenters. The lowest BCUT2D eigenvalue weighted by Gasteiger charge is -2.13. The zero-order valence-corrected chi connectivity index (χ0v) is 10.9. The Hall–Kier alpha value is -1.19. The van der Waals surface area contributed by atoms with E-state index in [-0.39, 0.29) is 6.04 Å². The number of ether oxygens (including phenoxy) is 1. The SMILES string of the molecule is Cc1nn(C(C)C)c(OCCC(C)C)c1N. The summed E-state index contributed by atoms with van der Waals surface area (Å²) in [6.07, 6.45) is 1.03. The van der Waals surface area contributed by atoms with Crippen LogP contribution >= 0.6 is 0 Å². The molecule has 0 bridgehead atoms. The van der Waals surface area contributed by atoms with Crippen molar-refractivity contribution in [3.05, 3.63) is 5.69 Å². The third-order valence-electron chi connectivity index (χ3n) is 2.51. The van der Waals surface area contributed by atoms with Gasteiger partial charge in [0.1, 0.15) is 5.69 Å². The Kier molecular flexibility index (Phi) is 4.21. The summed E-state index contributed by atoms with van der Waals surface area (Å²) in [6.45, 7) is 11.1. The number of aryl methyl sites for hydroxylation is 1. The number of aromatic nitrogens is 2. The van der Waals surface area contributed by atoms with E-state index < -0.39 is 0 Å². The lowest BCUT2D eigenvalue weighted by atomic mass is 10.1. The zero-order chi connectivity index (χ0) is 12.3. The third kappa shape index (κ3) is 2.90. The highest BCUT2D eigenvalue weighted by Gasteiger charge is 2.15. The normalized spacial score (nSPS) is 11.4. The van der Waals surface area contributed by atoms with E-state index in [4.69, 9.17) is 10.5 Å². The second-order valence-corrected chi connectivity index (χ2v) is 4.87. The molecule has 0 amide bonds. The van der Waals surface area contributed by atoms with Crippen LogP contribution in [0.1, 0.15) is 45.9 Å². The van der Waals surface area contributed by atoms with Gasteiger partial charge in [-0.25, -0.2) is 4.68 Å². The topological polar surface area (TPSA) is 53.1 Å². The van der Waals surface area contributed by atoms with Gasteiger partial charge in [-0.15, -0.1) is 0 Å². The molecule has 16 heavy (non-hydrogen) atoms. The summed E-state index contributed by atoms with van der Waals surface area (Å²) in [5, 5.41) is 4.37. The van der Waals surface area contributed by atoms with Gasteiger partial charge in [0.2, 0.25) is 5.88 Å². The smallest absolute Gasteiger partial charge is 0.236 e. The van der Waals surface area contributed by atoms with Gasteiger partial charge in [0.15, 0.2) is 0 Å². The molecule has 0 aliphatic carbocycles. The van der Waals surface area contributed by atoms with Crippen molar-refractivity contribution in [2.75, 3.05) is 12.3 Å². The van der Waals surface area contributed by atoms with Gasteiger partial charge in [0, 0.05) is 0 Å². The minimum atomic E-state index is 0.269. The minimum Gasteiger partial charge on any atom is -0.476 e.